The van der Waals surface area contributed by atoms with Gasteiger partial charge in [-0.25, -0.2) is 0 Å². The number of hydrogen-bond donors (Lipinski definition) is 1. The molecule has 0 spiro atoms. The Kier molecular flexibility index (Phi) is 4.69. The summed E-state index contributed by atoms with van der Waals surface area (Å²) in [6, 6.07) is 0. The maximum absolute atomic E-state index is 11.5. The van der Waals surface area contributed by atoms with Crippen molar-refractivity contribution in [2.45, 2.75) is 38.2 Å². The molecular formula is C10H18ClNO2. The molecule has 1 aliphatic heterocycles. The number of rotatable bonds is 4. The van der Waals surface area contributed by atoms with Gasteiger partial charge in [-0.1, -0.05) is 13.8 Å². The molecule has 0 aliphatic carbocycles. The first kappa shape index (κ1) is 11.8. The van der Waals surface area contributed by atoms with Crippen LogP contribution >= 0.6 is 11.6 Å². The van der Waals surface area contributed by atoms with Crippen LogP contribution in [-0.2, 0) is 9.53 Å². The summed E-state index contributed by atoms with van der Waals surface area (Å²) in [5.74, 6) is 0.357. The number of ether oxygens (including phenoxy) is 1. The van der Waals surface area contributed by atoms with Gasteiger partial charge >= 0.3 is 0 Å². The lowest BCUT2D eigenvalue weighted by molar-refractivity contribution is -0.130. The van der Waals surface area contributed by atoms with Crippen molar-refractivity contribution in [3.63, 3.8) is 0 Å². The highest BCUT2D eigenvalue weighted by Gasteiger charge is 2.23. The minimum atomic E-state index is -0.244. The van der Waals surface area contributed by atoms with Gasteiger partial charge in [0.2, 0.25) is 5.91 Å². The van der Waals surface area contributed by atoms with E-state index in [1.165, 1.54) is 0 Å². The van der Waals surface area contributed by atoms with Gasteiger partial charge in [0.05, 0.1) is 5.38 Å². The fourth-order valence-electron chi connectivity index (χ4n) is 1.33. The van der Waals surface area contributed by atoms with Crippen LogP contribution < -0.4 is 5.32 Å². The van der Waals surface area contributed by atoms with E-state index in [4.69, 9.17) is 16.3 Å². The number of amides is 1. The molecule has 0 saturated carbocycles. The summed E-state index contributed by atoms with van der Waals surface area (Å²) in [6.07, 6.45) is 1.57. The third kappa shape index (κ3) is 3.46. The fourth-order valence-corrected chi connectivity index (χ4v) is 1.41. The van der Waals surface area contributed by atoms with Crippen LogP contribution in [0.2, 0.25) is 0 Å². The molecule has 1 rings (SSSR count). The van der Waals surface area contributed by atoms with Crippen molar-refractivity contribution >= 4 is 17.5 Å². The Labute approximate surface area is 90.1 Å². The molecule has 82 valence electrons. The van der Waals surface area contributed by atoms with Crippen molar-refractivity contribution in [3.05, 3.63) is 0 Å². The standard InChI is InChI=1S/C10H18ClNO2/c1-7(2)8(11)6-12-10(13)9-4-3-5-14-9/h7-9H,3-6H2,1-2H3,(H,12,13). The summed E-state index contributed by atoms with van der Waals surface area (Å²) >= 11 is 6.01. The van der Waals surface area contributed by atoms with Crippen molar-refractivity contribution in [1.29, 1.82) is 0 Å². The molecule has 0 aromatic rings. The first-order valence-corrected chi connectivity index (χ1v) is 5.58. The van der Waals surface area contributed by atoms with Crippen LogP contribution in [0.25, 0.3) is 0 Å². The molecule has 0 aromatic carbocycles. The monoisotopic (exact) mass is 219 g/mol. The summed E-state index contributed by atoms with van der Waals surface area (Å²) in [5.41, 5.74) is 0. The number of nitrogens with one attached hydrogen (secondary N) is 1. The first-order valence-electron chi connectivity index (χ1n) is 5.14. The number of hydrogen-bond acceptors (Lipinski definition) is 2. The predicted octanol–water partition coefficient (Wildman–Crippen LogP) is 1.54. The van der Waals surface area contributed by atoms with Gasteiger partial charge in [0.1, 0.15) is 6.10 Å². The van der Waals surface area contributed by atoms with Crippen molar-refractivity contribution in [3.8, 4) is 0 Å². The lowest BCUT2D eigenvalue weighted by atomic mass is 10.1. The molecule has 1 aliphatic rings. The predicted molar refractivity (Wildman–Crippen MR) is 56.5 cm³/mol. The lowest BCUT2D eigenvalue weighted by Crippen LogP contribution is -2.38. The highest BCUT2D eigenvalue weighted by molar-refractivity contribution is 6.21. The Hall–Kier alpha value is -0.280. The van der Waals surface area contributed by atoms with E-state index in [1.54, 1.807) is 0 Å². The minimum Gasteiger partial charge on any atom is -0.368 e. The van der Waals surface area contributed by atoms with E-state index in [1.807, 2.05) is 13.8 Å². The van der Waals surface area contributed by atoms with Gasteiger partial charge in [0.15, 0.2) is 0 Å². The lowest BCUT2D eigenvalue weighted by Gasteiger charge is -2.15. The van der Waals surface area contributed by atoms with E-state index in [2.05, 4.69) is 5.32 Å². The van der Waals surface area contributed by atoms with Crippen LogP contribution in [-0.4, -0.2) is 30.5 Å². The Balaban J connectivity index is 2.20. The Morgan fingerprint density at radius 3 is 2.86 bits per heavy atom. The average Bonchev–Trinajstić information content (AvgIpc) is 2.66. The number of halogens is 1. The molecule has 3 nitrogen and oxygen atoms in total. The molecule has 1 fully saturated rings. The van der Waals surface area contributed by atoms with E-state index in [-0.39, 0.29) is 17.4 Å². The normalized spacial score (nSPS) is 23.9. The summed E-state index contributed by atoms with van der Waals surface area (Å²) in [7, 11) is 0. The van der Waals surface area contributed by atoms with Gasteiger partial charge in [0, 0.05) is 13.2 Å². The van der Waals surface area contributed by atoms with Crippen molar-refractivity contribution < 1.29 is 9.53 Å². The van der Waals surface area contributed by atoms with Gasteiger partial charge in [0.25, 0.3) is 0 Å². The first-order chi connectivity index (χ1) is 6.61. The van der Waals surface area contributed by atoms with Crippen molar-refractivity contribution in [2.75, 3.05) is 13.2 Å². The van der Waals surface area contributed by atoms with Crippen LogP contribution in [0, 0.1) is 5.92 Å². The number of carbonyl (C=O) groups excluding carboxylic acids is 1. The second-order valence-corrected chi connectivity index (χ2v) is 4.57. The molecule has 14 heavy (non-hydrogen) atoms. The van der Waals surface area contributed by atoms with Gasteiger partial charge in [-0.05, 0) is 18.8 Å². The zero-order chi connectivity index (χ0) is 10.6. The highest BCUT2D eigenvalue weighted by atomic mass is 35.5. The van der Waals surface area contributed by atoms with E-state index >= 15 is 0 Å². The van der Waals surface area contributed by atoms with Gasteiger partial charge in [-0.15, -0.1) is 11.6 Å². The SMILES string of the molecule is CC(C)C(Cl)CNC(=O)C1CCCO1. The van der Waals surface area contributed by atoms with Crippen molar-refractivity contribution in [1.82, 2.24) is 5.32 Å². The molecule has 2 unspecified atom stereocenters. The summed E-state index contributed by atoms with van der Waals surface area (Å²) < 4.78 is 5.25. The van der Waals surface area contributed by atoms with Gasteiger partial charge in [-0.2, -0.15) is 0 Å². The molecule has 1 amide bonds. The van der Waals surface area contributed by atoms with Crippen LogP contribution in [0.3, 0.4) is 0 Å². The fraction of sp³-hybridized carbons (Fsp3) is 0.900. The van der Waals surface area contributed by atoms with Crippen LogP contribution in [0.1, 0.15) is 26.7 Å². The smallest absolute Gasteiger partial charge is 0.249 e. The Morgan fingerprint density at radius 2 is 2.36 bits per heavy atom. The van der Waals surface area contributed by atoms with Crippen LogP contribution in [0.15, 0.2) is 0 Å². The van der Waals surface area contributed by atoms with Crippen LogP contribution in [0.4, 0.5) is 0 Å². The van der Waals surface area contributed by atoms with Crippen LogP contribution in [0.5, 0.6) is 0 Å². The van der Waals surface area contributed by atoms with Crippen molar-refractivity contribution in [2.24, 2.45) is 5.92 Å². The molecule has 1 saturated heterocycles. The average molecular weight is 220 g/mol. The van der Waals surface area contributed by atoms with E-state index < -0.39 is 0 Å². The molecule has 0 aromatic heterocycles. The van der Waals surface area contributed by atoms with Gasteiger partial charge < -0.3 is 10.1 Å². The minimum absolute atomic E-state index is 0.000327. The Bertz CT molecular complexity index is 191. The molecule has 2 atom stereocenters. The zero-order valence-corrected chi connectivity index (χ0v) is 9.51. The van der Waals surface area contributed by atoms with E-state index in [0.717, 1.165) is 12.8 Å². The third-order valence-electron chi connectivity index (χ3n) is 2.42. The quantitative estimate of drug-likeness (QED) is 0.729. The second-order valence-electron chi connectivity index (χ2n) is 4.01. The maximum atomic E-state index is 11.5. The molecule has 0 radical (unpaired) electrons. The summed E-state index contributed by atoms with van der Waals surface area (Å²) in [6.45, 7) is 5.30. The zero-order valence-electron chi connectivity index (χ0n) is 8.75. The van der Waals surface area contributed by atoms with Gasteiger partial charge in [-0.3, -0.25) is 4.79 Å². The second kappa shape index (κ2) is 5.56. The largest absolute Gasteiger partial charge is 0.368 e. The summed E-state index contributed by atoms with van der Waals surface area (Å²) in [4.78, 5) is 11.5. The van der Waals surface area contributed by atoms with E-state index in [9.17, 15) is 4.79 Å². The molecule has 1 N–H and O–H groups in total. The maximum Gasteiger partial charge on any atom is 0.249 e. The third-order valence-corrected chi connectivity index (χ3v) is 3.08. The topological polar surface area (TPSA) is 38.3 Å². The molecular weight excluding hydrogens is 202 g/mol. The van der Waals surface area contributed by atoms with E-state index in [0.29, 0.717) is 19.1 Å². The number of alkyl halides is 1. The number of carbonyl (C=O) groups is 1. The molecule has 1 heterocycles. The summed E-state index contributed by atoms with van der Waals surface area (Å²) in [5, 5.41) is 2.81. The Morgan fingerprint density at radius 1 is 1.64 bits per heavy atom. The highest BCUT2D eigenvalue weighted by Crippen LogP contribution is 2.12. The molecule has 4 heteroatoms. The molecule has 0 bridgehead atoms.